The Morgan fingerprint density at radius 1 is 1.55 bits per heavy atom. The standard InChI is InChI=1S/C9H14N2/c1-7(2)9-5-11(6-10-9)8-3-4-8/h5-8H,3-4H2,1-2H3. The highest BCUT2D eigenvalue weighted by molar-refractivity contribution is 5.04. The molecule has 0 spiro atoms. The summed E-state index contributed by atoms with van der Waals surface area (Å²) in [7, 11) is 0. The topological polar surface area (TPSA) is 17.8 Å². The fourth-order valence-corrected chi connectivity index (χ4v) is 1.22. The number of rotatable bonds is 2. The summed E-state index contributed by atoms with van der Waals surface area (Å²) in [5.74, 6) is 0.565. The van der Waals surface area contributed by atoms with Gasteiger partial charge < -0.3 is 4.57 Å². The summed E-state index contributed by atoms with van der Waals surface area (Å²) in [5.41, 5.74) is 1.22. The molecule has 0 radical (unpaired) electrons. The molecule has 0 aromatic carbocycles. The zero-order valence-corrected chi connectivity index (χ0v) is 7.12. The van der Waals surface area contributed by atoms with Crippen molar-refractivity contribution in [1.29, 1.82) is 0 Å². The van der Waals surface area contributed by atoms with Crippen molar-refractivity contribution in [2.24, 2.45) is 0 Å². The Morgan fingerprint density at radius 3 is 2.73 bits per heavy atom. The van der Waals surface area contributed by atoms with Crippen molar-refractivity contribution in [3.05, 3.63) is 18.2 Å². The molecule has 1 heterocycles. The first-order chi connectivity index (χ1) is 5.27. The first kappa shape index (κ1) is 6.89. The van der Waals surface area contributed by atoms with Gasteiger partial charge in [0, 0.05) is 12.2 Å². The van der Waals surface area contributed by atoms with E-state index in [4.69, 9.17) is 0 Å². The van der Waals surface area contributed by atoms with Crippen LogP contribution in [0.4, 0.5) is 0 Å². The van der Waals surface area contributed by atoms with Crippen LogP contribution < -0.4 is 0 Å². The lowest BCUT2D eigenvalue weighted by molar-refractivity contribution is 0.737. The quantitative estimate of drug-likeness (QED) is 0.632. The van der Waals surface area contributed by atoms with Crippen molar-refractivity contribution in [1.82, 2.24) is 9.55 Å². The molecule has 0 bridgehead atoms. The van der Waals surface area contributed by atoms with Crippen LogP contribution in [0.25, 0.3) is 0 Å². The molecule has 0 amide bonds. The SMILES string of the molecule is CC(C)c1cn(C2CC2)cn1. The summed E-state index contributed by atoms with van der Waals surface area (Å²) >= 11 is 0. The molecular formula is C9H14N2. The first-order valence-electron chi connectivity index (χ1n) is 4.30. The van der Waals surface area contributed by atoms with Crippen LogP contribution in [0.15, 0.2) is 12.5 Å². The maximum Gasteiger partial charge on any atom is 0.0952 e. The van der Waals surface area contributed by atoms with Gasteiger partial charge in [0.15, 0.2) is 0 Å². The predicted octanol–water partition coefficient (Wildman–Crippen LogP) is 2.34. The van der Waals surface area contributed by atoms with E-state index in [1.165, 1.54) is 18.5 Å². The first-order valence-corrected chi connectivity index (χ1v) is 4.30. The zero-order valence-electron chi connectivity index (χ0n) is 7.12. The lowest BCUT2D eigenvalue weighted by Crippen LogP contribution is -1.88. The van der Waals surface area contributed by atoms with Gasteiger partial charge in [-0.2, -0.15) is 0 Å². The van der Waals surface area contributed by atoms with Crippen molar-refractivity contribution in [3.8, 4) is 0 Å². The summed E-state index contributed by atoms with van der Waals surface area (Å²) in [5, 5.41) is 0. The van der Waals surface area contributed by atoms with E-state index in [0.29, 0.717) is 5.92 Å². The summed E-state index contributed by atoms with van der Waals surface area (Å²) in [6, 6.07) is 0.773. The van der Waals surface area contributed by atoms with Crippen molar-refractivity contribution in [2.75, 3.05) is 0 Å². The van der Waals surface area contributed by atoms with Gasteiger partial charge in [-0.15, -0.1) is 0 Å². The second-order valence-electron chi connectivity index (χ2n) is 3.63. The van der Waals surface area contributed by atoms with Gasteiger partial charge in [-0.05, 0) is 18.8 Å². The molecule has 2 nitrogen and oxygen atoms in total. The van der Waals surface area contributed by atoms with Crippen LogP contribution in [0.5, 0.6) is 0 Å². The molecule has 1 saturated carbocycles. The van der Waals surface area contributed by atoms with E-state index in [-0.39, 0.29) is 0 Å². The summed E-state index contributed by atoms with van der Waals surface area (Å²) in [4.78, 5) is 4.34. The summed E-state index contributed by atoms with van der Waals surface area (Å²) < 4.78 is 2.25. The molecule has 2 rings (SSSR count). The number of nitrogens with zero attached hydrogens (tertiary/aromatic N) is 2. The number of hydrogen-bond acceptors (Lipinski definition) is 1. The number of aromatic nitrogens is 2. The number of hydrogen-bond donors (Lipinski definition) is 0. The maximum absolute atomic E-state index is 4.34. The van der Waals surface area contributed by atoms with Gasteiger partial charge in [0.2, 0.25) is 0 Å². The van der Waals surface area contributed by atoms with E-state index in [0.717, 1.165) is 6.04 Å². The molecule has 1 aromatic rings. The molecule has 1 aliphatic carbocycles. The third-order valence-corrected chi connectivity index (χ3v) is 2.18. The Kier molecular flexibility index (Phi) is 1.48. The van der Waals surface area contributed by atoms with Gasteiger partial charge in [0.25, 0.3) is 0 Å². The average molecular weight is 150 g/mol. The zero-order chi connectivity index (χ0) is 7.84. The van der Waals surface area contributed by atoms with Crippen molar-refractivity contribution < 1.29 is 0 Å². The average Bonchev–Trinajstić information content (AvgIpc) is 2.68. The Hall–Kier alpha value is -0.790. The fourth-order valence-electron chi connectivity index (χ4n) is 1.22. The predicted molar refractivity (Wildman–Crippen MR) is 44.6 cm³/mol. The molecule has 11 heavy (non-hydrogen) atoms. The highest BCUT2D eigenvalue weighted by Crippen LogP contribution is 2.34. The maximum atomic E-state index is 4.34. The fraction of sp³-hybridized carbons (Fsp3) is 0.667. The van der Waals surface area contributed by atoms with Gasteiger partial charge >= 0.3 is 0 Å². The molecule has 1 fully saturated rings. The molecule has 60 valence electrons. The van der Waals surface area contributed by atoms with Gasteiger partial charge in [0.05, 0.1) is 12.0 Å². The summed E-state index contributed by atoms with van der Waals surface area (Å²) in [6.07, 6.45) is 6.83. The van der Waals surface area contributed by atoms with E-state index in [1.807, 2.05) is 6.33 Å². The Labute approximate surface area is 67.3 Å². The molecule has 0 atom stereocenters. The Balaban J connectivity index is 2.18. The summed E-state index contributed by atoms with van der Waals surface area (Å²) in [6.45, 7) is 4.36. The van der Waals surface area contributed by atoms with E-state index in [1.54, 1.807) is 0 Å². The van der Waals surface area contributed by atoms with Crippen molar-refractivity contribution >= 4 is 0 Å². The van der Waals surface area contributed by atoms with Crippen molar-refractivity contribution in [3.63, 3.8) is 0 Å². The largest absolute Gasteiger partial charge is 0.334 e. The van der Waals surface area contributed by atoms with Crippen LogP contribution in [0, 0.1) is 0 Å². The second kappa shape index (κ2) is 2.36. The monoisotopic (exact) mass is 150 g/mol. The third kappa shape index (κ3) is 1.30. The van der Waals surface area contributed by atoms with Crippen LogP contribution in [0.2, 0.25) is 0 Å². The van der Waals surface area contributed by atoms with Gasteiger partial charge in [-0.25, -0.2) is 4.98 Å². The Bertz CT molecular complexity index is 229. The molecular weight excluding hydrogens is 136 g/mol. The minimum Gasteiger partial charge on any atom is -0.334 e. The lowest BCUT2D eigenvalue weighted by Gasteiger charge is -1.97. The Morgan fingerprint density at radius 2 is 2.27 bits per heavy atom. The highest BCUT2D eigenvalue weighted by atomic mass is 15.1. The van der Waals surface area contributed by atoms with Crippen molar-refractivity contribution in [2.45, 2.75) is 38.6 Å². The molecule has 0 N–H and O–H groups in total. The lowest BCUT2D eigenvalue weighted by atomic mass is 10.2. The highest BCUT2D eigenvalue weighted by Gasteiger charge is 2.23. The smallest absolute Gasteiger partial charge is 0.0952 e. The van der Waals surface area contributed by atoms with Crippen LogP contribution in [-0.2, 0) is 0 Å². The van der Waals surface area contributed by atoms with Crippen LogP contribution in [0.1, 0.15) is 44.3 Å². The van der Waals surface area contributed by atoms with E-state index < -0.39 is 0 Å². The van der Waals surface area contributed by atoms with E-state index >= 15 is 0 Å². The minimum absolute atomic E-state index is 0.565. The molecule has 1 aliphatic rings. The third-order valence-electron chi connectivity index (χ3n) is 2.18. The van der Waals surface area contributed by atoms with Gasteiger partial charge in [-0.1, -0.05) is 13.8 Å². The minimum atomic E-state index is 0.565. The van der Waals surface area contributed by atoms with E-state index in [2.05, 4.69) is 29.6 Å². The van der Waals surface area contributed by atoms with Crippen LogP contribution >= 0.6 is 0 Å². The van der Waals surface area contributed by atoms with Gasteiger partial charge in [0.1, 0.15) is 0 Å². The van der Waals surface area contributed by atoms with Crippen LogP contribution in [-0.4, -0.2) is 9.55 Å². The number of imidazole rings is 1. The molecule has 0 unspecified atom stereocenters. The van der Waals surface area contributed by atoms with Gasteiger partial charge in [-0.3, -0.25) is 0 Å². The molecule has 0 aliphatic heterocycles. The second-order valence-corrected chi connectivity index (χ2v) is 3.63. The molecule has 2 heteroatoms. The molecule has 1 aromatic heterocycles. The van der Waals surface area contributed by atoms with E-state index in [9.17, 15) is 0 Å². The normalized spacial score (nSPS) is 17.7. The molecule has 0 saturated heterocycles. The van der Waals surface area contributed by atoms with Crippen LogP contribution in [0.3, 0.4) is 0 Å².